The molecule has 0 fully saturated rings. The molecule has 0 aliphatic rings. The first kappa shape index (κ1) is 15.7. The summed E-state index contributed by atoms with van der Waals surface area (Å²) < 4.78 is 24.3. The van der Waals surface area contributed by atoms with Gasteiger partial charge in [0, 0.05) is 11.9 Å². The lowest BCUT2D eigenvalue weighted by molar-refractivity contribution is 0.0588. The second-order valence-electron chi connectivity index (χ2n) is 4.26. The number of benzene rings is 1. The zero-order valence-electron chi connectivity index (χ0n) is 11.4. The standard InChI is InChI=1S/C14H10FN3O3.ClH/c1-20-14(19)12-11(15)8(4-5-17-12)13-18-9-6-7(16)2-3-10(9)21-13;/h2-6H,16H2,1H3;1H. The second kappa shape index (κ2) is 5.98. The predicted molar refractivity (Wildman–Crippen MR) is 80.2 cm³/mol. The van der Waals surface area contributed by atoms with Gasteiger partial charge in [-0.3, -0.25) is 0 Å². The summed E-state index contributed by atoms with van der Waals surface area (Å²) in [7, 11) is 1.15. The fraction of sp³-hybridized carbons (Fsp3) is 0.0714. The van der Waals surface area contributed by atoms with Crippen molar-refractivity contribution in [1.82, 2.24) is 9.97 Å². The average Bonchev–Trinajstić information content (AvgIpc) is 2.89. The van der Waals surface area contributed by atoms with E-state index in [0.29, 0.717) is 16.8 Å². The molecule has 0 unspecified atom stereocenters. The van der Waals surface area contributed by atoms with Gasteiger partial charge in [0.25, 0.3) is 0 Å². The van der Waals surface area contributed by atoms with Crippen molar-refractivity contribution in [3.8, 4) is 11.5 Å². The first-order valence-electron chi connectivity index (χ1n) is 5.99. The van der Waals surface area contributed by atoms with Crippen molar-refractivity contribution in [2.45, 2.75) is 0 Å². The number of esters is 1. The third-order valence-corrected chi connectivity index (χ3v) is 2.91. The summed E-state index contributed by atoms with van der Waals surface area (Å²) in [6.45, 7) is 0. The Morgan fingerprint density at radius 1 is 1.36 bits per heavy atom. The minimum Gasteiger partial charge on any atom is -0.464 e. The van der Waals surface area contributed by atoms with Crippen LogP contribution in [0.4, 0.5) is 10.1 Å². The number of pyridine rings is 1. The summed E-state index contributed by atoms with van der Waals surface area (Å²) >= 11 is 0. The minimum absolute atomic E-state index is 0. The summed E-state index contributed by atoms with van der Waals surface area (Å²) in [4.78, 5) is 19.3. The van der Waals surface area contributed by atoms with E-state index in [9.17, 15) is 9.18 Å². The van der Waals surface area contributed by atoms with Crippen LogP contribution in [0.5, 0.6) is 0 Å². The Labute approximate surface area is 130 Å². The summed E-state index contributed by atoms with van der Waals surface area (Å²) in [6, 6.07) is 6.28. The smallest absolute Gasteiger partial charge is 0.359 e. The van der Waals surface area contributed by atoms with Crippen LogP contribution >= 0.6 is 12.4 Å². The SMILES string of the molecule is COC(=O)c1nccc(-c2nc3cc(N)ccc3o2)c1F.Cl. The van der Waals surface area contributed by atoms with Crippen LogP contribution in [0.2, 0.25) is 0 Å². The Morgan fingerprint density at radius 2 is 2.14 bits per heavy atom. The molecule has 0 radical (unpaired) electrons. The molecule has 0 spiro atoms. The van der Waals surface area contributed by atoms with Crippen LogP contribution in [0.3, 0.4) is 0 Å². The lowest BCUT2D eigenvalue weighted by Crippen LogP contribution is -2.08. The van der Waals surface area contributed by atoms with E-state index in [2.05, 4.69) is 14.7 Å². The lowest BCUT2D eigenvalue weighted by atomic mass is 10.2. The number of anilines is 1. The van der Waals surface area contributed by atoms with Crippen LogP contribution in [0.15, 0.2) is 34.9 Å². The summed E-state index contributed by atoms with van der Waals surface area (Å²) in [6.07, 6.45) is 1.29. The Morgan fingerprint density at radius 3 is 2.86 bits per heavy atom. The van der Waals surface area contributed by atoms with Crippen molar-refractivity contribution >= 4 is 35.2 Å². The van der Waals surface area contributed by atoms with Crippen LogP contribution < -0.4 is 5.73 Å². The molecule has 0 atom stereocenters. The maximum absolute atomic E-state index is 14.3. The van der Waals surface area contributed by atoms with E-state index < -0.39 is 17.5 Å². The van der Waals surface area contributed by atoms with Crippen LogP contribution in [-0.4, -0.2) is 23.0 Å². The fourth-order valence-corrected chi connectivity index (χ4v) is 1.91. The van der Waals surface area contributed by atoms with Crippen molar-refractivity contribution in [2.75, 3.05) is 12.8 Å². The van der Waals surface area contributed by atoms with Crippen molar-refractivity contribution in [2.24, 2.45) is 0 Å². The number of carbonyl (C=O) groups excluding carboxylic acids is 1. The van der Waals surface area contributed by atoms with Crippen LogP contribution in [0, 0.1) is 5.82 Å². The number of nitrogens with zero attached hydrogens (tertiary/aromatic N) is 2. The number of nitrogen functional groups attached to an aromatic ring is 1. The average molecular weight is 324 g/mol. The highest BCUT2D eigenvalue weighted by Gasteiger charge is 2.21. The molecular weight excluding hydrogens is 313 g/mol. The Balaban J connectivity index is 0.00000176. The third kappa shape index (κ3) is 2.58. The number of rotatable bonds is 2. The van der Waals surface area contributed by atoms with Crippen LogP contribution in [-0.2, 0) is 4.74 Å². The van der Waals surface area contributed by atoms with Gasteiger partial charge in [0.05, 0.1) is 12.7 Å². The molecule has 0 aliphatic carbocycles. The van der Waals surface area contributed by atoms with E-state index >= 15 is 0 Å². The second-order valence-corrected chi connectivity index (χ2v) is 4.26. The molecule has 2 heterocycles. The number of oxazole rings is 1. The molecule has 0 amide bonds. The molecular formula is C14H11ClFN3O3. The van der Waals surface area contributed by atoms with Gasteiger partial charge in [-0.05, 0) is 24.3 Å². The number of hydrogen-bond acceptors (Lipinski definition) is 6. The van der Waals surface area contributed by atoms with E-state index in [1.165, 1.54) is 12.3 Å². The number of ether oxygens (including phenoxy) is 1. The molecule has 3 rings (SSSR count). The predicted octanol–water partition coefficient (Wildman–Crippen LogP) is 2.82. The number of methoxy groups -OCH3 is 1. The Kier molecular flexibility index (Phi) is 4.27. The number of fused-ring (bicyclic) bond motifs is 1. The molecule has 2 aromatic heterocycles. The molecule has 6 nitrogen and oxygen atoms in total. The van der Waals surface area contributed by atoms with E-state index in [4.69, 9.17) is 10.2 Å². The molecule has 8 heteroatoms. The monoisotopic (exact) mass is 323 g/mol. The van der Waals surface area contributed by atoms with E-state index in [-0.39, 0.29) is 23.9 Å². The number of carbonyl (C=O) groups is 1. The van der Waals surface area contributed by atoms with Crippen molar-refractivity contribution in [3.05, 3.63) is 42.0 Å². The molecule has 0 bridgehead atoms. The van der Waals surface area contributed by atoms with Gasteiger partial charge in [0.1, 0.15) is 5.52 Å². The van der Waals surface area contributed by atoms with Gasteiger partial charge < -0.3 is 14.9 Å². The third-order valence-electron chi connectivity index (χ3n) is 2.91. The Hall–Kier alpha value is -2.67. The van der Waals surface area contributed by atoms with Gasteiger partial charge in [-0.1, -0.05) is 0 Å². The maximum atomic E-state index is 14.3. The molecule has 1 aromatic carbocycles. The van der Waals surface area contributed by atoms with E-state index in [0.717, 1.165) is 7.11 Å². The molecule has 0 saturated heterocycles. The van der Waals surface area contributed by atoms with Crippen molar-refractivity contribution in [3.63, 3.8) is 0 Å². The van der Waals surface area contributed by atoms with Crippen LogP contribution in [0.25, 0.3) is 22.6 Å². The number of hydrogen-bond donors (Lipinski definition) is 1. The summed E-state index contributed by atoms with van der Waals surface area (Å²) in [5, 5.41) is 0. The van der Waals surface area contributed by atoms with Crippen molar-refractivity contribution in [1.29, 1.82) is 0 Å². The highest BCUT2D eigenvalue weighted by atomic mass is 35.5. The minimum atomic E-state index is -0.866. The number of halogens is 2. The first-order valence-corrected chi connectivity index (χ1v) is 5.99. The molecule has 0 aliphatic heterocycles. The first-order chi connectivity index (χ1) is 10.1. The van der Waals surface area contributed by atoms with Crippen molar-refractivity contribution < 1.29 is 18.3 Å². The van der Waals surface area contributed by atoms with Gasteiger partial charge in [-0.2, -0.15) is 0 Å². The van der Waals surface area contributed by atoms with E-state index in [1.54, 1.807) is 18.2 Å². The molecule has 114 valence electrons. The van der Waals surface area contributed by atoms with E-state index in [1.807, 2.05) is 0 Å². The fourth-order valence-electron chi connectivity index (χ4n) is 1.91. The highest BCUT2D eigenvalue weighted by Crippen LogP contribution is 2.28. The largest absolute Gasteiger partial charge is 0.464 e. The highest BCUT2D eigenvalue weighted by molar-refractivity contribution is 5.89. The van der Waals surface area contributed by atoms with Gasteiger partial charge in [0.15, 0.2) is 17.1 Å². The van der Waals surface area contributed by atoms with Gasteiger partial charge in [-0.15, -0.1) is 12.4 Å². The van der Waals surface area contributed by atoms with Gasteiger partial charge in [-0.25, -0.2) is 19.2 Å². The topological polar surface area (TPSA) is 91.2 Å². The number of aromatic nitrogens is 2. The molecule has 2 N–H and O–H groups in total. The maximum Gasteiger partial charge on any atom is 0.359 e. The molecule has 0 saturated carbocycles. The van der Waals surface area contributed by atoms with Gasteiger partial charge in [0.2, 0.25) is 5.89 Å². The zero-order chi connectivity index (χ0) is 15.0. The summed E-state index contributed by atoms with van der Waals surface area (Å²) in [5.41, 5.74) is 6.75. The van der Waals surface area contributed by atoms with Gasteiger partial charge >= 0.3 is 5.97 Å². The normalized spacial score (nSPS) is 10.3. The summed E-state index contributed by atoms with van der Waals surface area (Å²) in [5.74, 6) is -1.67. The molecule has 22 heavy (non-hydrogen) atoms. The quantitative estimate of drug-likeness (QED) is 0.576. The molecule has 3 aromatic rings. The number of nitrogens with two attached hydrogens (primary N) is 1. The zero-order valence-corrected chi connectivity index (χ0v) is 12.2. The Bertz CT molecular complexity index is 850. The lowest BCUT2D eigenvalue weighted by Gasteiger charge is -2.02. The van der Waals surface area contributed by atoms with Crippen LogP contribution in [0.1, 0.15) is 10.5 Å².